The van der Waals surface area contributed by atoms with Crippen molar-refractivity contribution in [2.24, 2.45) is 0 Å². The van der Waals surface area contributed by atoms with Crippen LogP contribution in [0.1, 0.15) is 25.0 Å². The predicted molar refractivity (Wildman–Crippen MR) is 110 cm³/mol. The molecule has 31 heavy (non-hydrogen) atoms. The van der Waals surface area contributed by atoms with Crippen LogP contribution in [-0.4, -0.2) is 36.7 Å². The second-order valence-corrected chi connectivity index (χ2v) is 9.38. The molecule has 0 N–H and O–H groups in total. The van der Waals surface area contributed by atoms with Crippen molar-refractivity contribution in [3.05, 3.63) is 71.8 Å². The number of rotatable bonds is 9. The molecule has 8 nitrogen and oxygen atoms in total. The molecular weight excluding hydrogens is 423 g/mol. The number of ketones is 1. The van der Waals surface area contributed by atoms with Crippen molar-refractivity contribution in [2.75, 3.05) is 6.61 Å². The number of carbonyl (C=O) groups is 1. The van der Waals surface area contributed by atoms with Gasteiger partial charge in [-0.2, -0.15) is 0 Å². The molecule has 166 valence electrons. The van der Waals surface area contributed by atoms with Gasteiger partial charge in [0.05, 0.1) is 19.8 Å². The zero-order valence-corrected chi connectivity index (χ0v) is 18.2. The van der Waals surface area contributed by atoms with Crippen LogP contribution in [0.2, 0.25) is 0 Å². The quantitative estimate of drug-likeness (QED) is 0.532. The lowest BCUT2D eigenvalue weighted by molar-refractivity contribution is -0.207. The molecule has 2 heterocycles. The first-order valence-electron chi connectivity index (χ1n) is 10.00. The summed E-state index contributed by atoms with van der Waals surface area (Å²) in [6, 6.07) is 18.5. The van der Waals surface area contributed by atoms with E-state index in [1.54, 1.807) is 13.8 Å². The van der Waals surface area contributed by atoms with Crippen molar-refractivity contribution in [1.82, 2.24) is 0 Å². The van der Waals surface area contributed by atoms with E-state index in [4.69, 9.17) is 27.8 Å². The molecule has 9 heteroatoms. The Morgan fingerprint density at radius 3 is 1.94 bits per heavy atom. The predicted octanol–water partition coefficient (Wildman–Crippen LogP) is 3.99. The topological polar surface area (TPSA) is 89.5 Å². The third-order valence-corrected chi connectivity index (χ3v) is 6.16. The maximum Gasteiger partial charge on any atom is 0.475 e. The van der Waals surface area contributed by atoms with E-state index in [2.05, 4.69) is 0 Å². The third-order valence-electron chi connectivity index (χ3n) is 4.80. The van der Waals surface area contributed by atoms with Gasteiger partial charge < -0.3 is 14.2 Å². The molecule has 0 spiro atoms. The van der Waals surface area contributed by atoms with Gasteiger partial charge in [-0.3, -0.25) is 18.4 Å². The summed E-state index contributed by atoms with van der Waals surface area (Å²) in [7, 11) is -4.00. The summed E-state index contributed by atoms with van der Waals surface area (Å²) >= 11 is 0. The fourth-order valence-electron chi connectivity index (χ4n) is 3.28. The summed E-state index contributed by atoms with van der Waals surface area (Å²) in [5.74, 6) is -1.22. The van der Waals surface area contributed by atoms with Gasteiger partial charge in [0.25, 0.3) is 0 Å². The summed E-state index contributed by atoms with van der Waals surface area (Å²) in [5.41, 5.74) is 1.61. The Hall–Kier alpha value is -1.90. The number of benzene rings is 2. The van der Waals surface area contributed by atoms with E-state index < -0.39 is 32.1 Å². The van der Waals surface area contributed by atoms with Crippen LogP contribution < -0.4 is 0 Å². The number of ether oxygens (including phenoxy) is 3. The average Bonchev–Trinajstić information content (AvgIpc) is 3.23. The van der Waals surface area contributed by atoms with Gasteiger partial charge in [0.1, 0.15) is 6.10 Å². The minimum absolute atomic E-state index is 0.0258. The zero-order chi connectivity index (χ0) is 21.9. The lowest BCUT2D eigenvalue weighted by atomic mass is 10.2. The van der Waals surface area contributed by atoms with Crippen LogP contribution in [0.25, 0.3) is 0 Å². The van der Waals surface area contributed by atoms with Gasteiger partial charge in [0.2, 0.25) is 0 Å². The molecule has 0 saturated carbocycles. The monoisotopic (exact) mass is 448 g/mol. The second-order valence-electron chi connectivity index (χ2n) is 7.71. The minimum Gasteiger partial charge on any atom is -0.336 e. The highest BCUT2D eigenvalue weighted by Gasteiger charge is 2.54. The summed E-state index contributed by atoms with van der Waals surface area (Å²) < 4.78 is 46.6. The Bertz CT molecular complexity index is 886. The smallest absolute Gasteiger partial charge is 0.336 e. The van der Waals surface area contributed by atoms with Crippen LogP contribution in [0.5, 0.6) is 0 Å². The number of phosphoric acid groups is 1. The number of Topliss-reactive ketones (excluding diaryl/α,β-unsaturated/α-hetero) is 1. The largest absolute Gasteiger partial charge is 0.475 e. The van der Waals surface area contributed by atoms with Gasteiger partial charge in [-0.05, 0) is 25.0 Å². The molecule has 2 aromatic rings. The highest BCUT2D eigenvalue weighted by molar-refractivity contribution is 7.48. The van der Waals surface area contributed by atoms with E-state index in [-0.39, 0.29) is 25.6 Å². The third kappa shape index (κ3) is 5.67. The van der Waals surface area contributed by atoms with Gasteiger partial charge >= 0.3 is 7.82 Å². The van der Waals surface area contributed by atoms with Crippen LogP contribution in [0, 0.1) is 0 Å². The molecule has 0 aromatic heterocycles. The number of hydrogen-bond donors (Lipinski definition) is 0. The zero-order valence-electron chi connectivity index (χ0n) is 17.3. The van der Waals surface area contributed by atoms with E-state index >= 15 is 0 Å². The van der Waals surface area contributed by atoms with E-state index in [0.29, 0.717) is 0 Å². The molecule has 4 rings (SSSR count). The van der Waals surface area contributed by atoms with Crippen molar-refractivity contribution < 1.29 is 37.1 Å². The summed E-state index contributed by atoms with van der Waals surface area (Å²) in [4.78, 5) is 12.6. The lowest BCUT2D eigenvalue weighted by Crippen LogP contribution is -2.32. The Balaban J connectivity index is 1.39. The average molecular weight is 448 g/mol. The van der Waals surface area contributed by atoms with Crippen molar-refractivity contribution in [2.45, 2.75) is 51.3 Å². The van der Waals surface area contributed by atoms with Gasteiger partial charge in [-0.15, -0.1) is 0 Å². The number of hydrogen-bond acceptors (Lipinski definition) is 8. The fraction of sp³-hybridized carbons (Fsp3) is 0.409. The molecule has 0 aliphatic carbocycles. The SMILES string of the molecule is CC1(C)O[C@H]2O[C@H](COP(=O)(OCc3ccccc3)OCc3ccccc3)C(=O)[C@H]2O1. The number of fused-ring (bicyclic) bond motifs is 1. The molecule has 0 radical (unpaired) electrons. The van der Waals surface area contributed by atoms with Crippen molar-refractivity contribution in [3.63, 3.8) is 0 Å². The number of phosphoric ester groups is 1. The van der Waals surface area contributed by atoms with Gasteiger partial charge in [-0.1, -0.05) is 60.7 Å². The minimum atomic E-state index is -4.00. The standard InChI is InChI=1S/C22H25O8P/c1-22(2)29-20-19(23)18(28-21(20)30-22)15-27-31(24,25-13-16-9-5-3-6-10-16)26-14-17-11-7-4-8-12-17/h3-12,18,20-21H,13-15H2,1-2H3/t18-,20-,21-/m1/s1. The lowest BCUT2D eigenvalue weighted by Gasteiger charge is -2.22. The molecule has 0 unspecified atom stereocenters. The molecular formula is C22H25O8P. The van der Waals surface area contributed by atoms with Gasteiger partial charge in [0.15, 0.2) is 24.0 Å². The first-order chi connectivity index (χ1) is 14.8. The van der Waals surface area contributed by atoms with Crippen molar-refractivity contribution in [3.8, 4) is 0 Å². The molecule has 3 atom stereocenters. The Kier molecular flexibility index (Phi) is 6.69. The van der Waals surface area contributed by atoms with E-state index in [0.717, 1.165) is 11.1 Å². The van der Waals surface area contributed by atoms with Crippen molar-refractivity contribution in [1.29, 1.82) is 0 Å². The summed E-state index contributed by atoms with van der Waals surface area (Å²) in [5, 5.41) is 0. The van der Waals surface area contributed by atoms with E-state index in [9.17, 15) is 9.36 Å². The molecule has 2 saturated heterocycles. The summed E-state index contributed by atoms with van der Waals surface area (Å²) in [6.07, 6.45) is -2.63. The summed E-state index contributed by atoms with van der Waals surface area (Å²) in [6.45, 7) is 3.16. The number of carbonyl (C=O) groups excluding carboxylic acids is 1. The van der Waals surface area contributed by atoms with Crippen LogP contribution in [0.4, 0.5) is 0 Å². The first kappa shape index (κ1) is 22.3. The molecule has 2 aliphatic heterocycles. The first-order valence-corrected chi connectivity index (χ1v) is 11.5. The second kappa shape index (κ2) is 9.30. The van der Waals surface area contributed by atoms with Crippen LogP contribution in [0.3, 0.4) is 0 Å². The molecule has 2 aliphatic rings. The Morgan fingerprint density at radius 1 is 0.871 bits per heavy atom. The fourth-order valence-corrected chi connectivity index (χ4v) is 4.44. The molecule has 0 amide bonds. The van der Waals surface area contributed by atoms with Crippen molar-refractivity contribution >= 4 is 13.6 Å². The maximum atomic E-state index is 13.3. The Morgan fingerprint density at radius 2 is 1.42 bits per heavy atom. The molecule has 2 aromatic carbocycles. The van der Waals surface area contributed by atoms with Gasteiger partial charge in [0, 0.05) is 0 Å². The molecule has 0 bridgehead atoms. The maximum absolute atomic E-state index is 13.3. The van der Waals surface area contributed by atoms with Gasteiger partial charge in [-0.25, -0.2) is 4.57 Å². The normalized spacial score (nSPS) is 25.0. The van der Waals surface area contributed by atoms with Crippen LogP contribution >= 0.6 is 7.82 Å². The molecule has 2 fully saturated rings. The highest BCUT2D eigenvalue weighted by Crippen LogP contribution is 2.51. The highest BCUT2D eigenvalue weighted by atomic mass is 31.2. The van der Waals surface area contributed by atoms with E-state index in [1.165, 1.54) is 0 Å². The Labute approximate surface area is 181 Å². The van der Waals surface area contributed by atoms with Crippen LogP contribution in [0.15, 0.2) is 60.7 Å². The van der Waals surface area contributed by atoms with E-state index in [1.807, 2.05) is 60.7 Å². The van der Waals surface area contributed by atoms with Crippen LogP contribution in [-0.2, 0) is 50.4 Å².